The number of carbonyl (C=O) groups is 1. The number of likely N-dealkylation sites (tertiary alicyclic amines) is 1. The molecule has 1 aliphatic heterocycles. The van der Waals surface area contributed by atoms with E-state index in [4.69, 9.17) is 0 Å². The number of nitrogens with zero attached hydrogens (tertiary/aromatic N) is 3. The Morgan fingerprint density at radius 3 is 2.29 bits per heavy atom. The van der Waals surface area contributed by atoms with Crippen molar-refractivity contribution >= 4 is 5.91 Å². The first-order valence-electron chi connectivity index (χ1n) is 9.52. The number of aliphatic hydroxyl groups is 1. The van der Waals surface area contributed by atoms with Gasteiger partial charge in [-0.15, -0.1) is 0 Å². The van der Waals surface area contributed by atoms with Crippen molar-refractivity contribution in [2.45, 2.75) is 39.5 Å². The Balaban J connectivity index is 1.77. The van der Waals surface area contributed by atoms with Crippen molar-refractivity contribution in [1.29, 1.82) is 0 Å². The molecule has 0 aliphatic carbocycles. The molecule has 1 N–H and O–H groups in total. The van der Waals surface area contributed by atoms with E-state index in [0.29, 0.717) is 18.5 Å². The van der Waals surface area contributed by atoms with Crippen molar-refractivity contribution < 1.29 is 9.90 Å². The SMILES string of the molecule is Cc1nn(-c2ccccc2)cc1C1(O)CC(C)(C)C(=O)N1Cc1ccccc1. The third-order valence-electron chi connectivity index (χ3n) is 5.49. The van der Waals surface area contributed by atoms with Crippen LogP contribution < -0.4 is 0 Å². The number of aryl methyl sites for hydroxylation is 1. The summed E-state index contributed by atoms with van der Waals surface area (Å²) in [6.07, 6.45) is 2.17. The molecule has 0 saturated carbocycles. The molecule has 5 heteroatoms. The van der Waals surface area contributed by atoms with Crippen molar-refractivity contribution in [2.75, 3.05) is 0 Å². The molecular formula is C23H25N3O2. The van der Waals surface area contributed by atoms with E-state index >= 15 is 0 Å². The summed E-state index contributed by atoms with van der Waals surface area (Å²) in [5.41, 5.74) is 1.25. The summed E-state index contributed by atoms with van der Waals surface area (Å²) >= 11 is 0. The molecule has 0 spiro atoms. The van der Waals surface area contributed by atoms with E-state index in [1.54, 1.807) is 9.58 Å². The zero-order chi connectivity index (χ0) is 19.9. The molecule has 1 saturated heterocycles. The van der Waals surface area contributed by atoms with Gasteiger partial charge in [-0.2, -0.15) is 5.10 Å². The molecule has 0 radical (unpaired) electrons. The smallest absolute Gasteiger partial charge is 0.231 e. The van der Waals surface area contributed by atoms with Crippen molar-refractivity contribution in [3.63, 3.8) is 0 Å². The van der Waals surface area contributed by atoms with Gasteiger partial charge in [0.25, 0.3) is 0 Å². The average Bonchev–Trinajstić information content (AvgIpc) is 3.15. The lowest BCUT2D eigenvalue weighted by Crippen LogP contribution is -2.43. The topological polar surface area (TPSA) is 58.4 Å². The van der Waals surface area contributed by atoms with E-state index in [0.717, 1.165) is 16.9 Å². The first-order chi connectivity index (χ1) is 13.3. The zero-order valence-electron chi connectivity index (χ0n) is 16.5. The Hall–Kier alpha value is -2.92. The summed E-state index contributed by atoms with van der Waals surface area (Å²) in [4.78, 5) is 14.7. The van der Waals surface area contributed by atoms with Gasteiger partial charge in [0.15, 0.2) is 5.72 Å². The van der Waals surface area contributed by atoms with Gasteiger partial charge in [0.2, 0.25) is 5.91 Å². The van der Waals surface area contributed by atoms with Gasteiger partial charge in [-0.25, -0.2) is 4.68 Å². The minimum atomic E-state index is -1.40. The molecule has 28 heavy (non-hydrogen) atoms. The van der Waals surface area contributed by atoms with E-state index in [1.807, 2.05) is 87.6 Å². The number of hydrogen-bond acceptors (Lipinski definition) is 3. The molecule has 1 atom stereocenters. The average molecular weight is 375 g/mol. The zero-order valence-corrected chi connectivity index (χ0v) is 16.5. The van der Waals surface area contributed by atoms with Crippen molar-refractivity contribution in [3.8, 4) is 5.69 Å². The molecule has 5 nitrogen and oxygen atoms in total. The summed E-state index contributed by atoms with van der Waals surface area (Å²) < 4.78 is 1.76. The molecule has 0 bridgehead atoms. The van der Waals surface area contributed by atoms with Gasteiger partial charge in [0.1, 0.15) is 0 Å². The Labute approximate surface area is 165 Å². The standard InChI is InChI=1S/C23H25N3O2/c1-17-20(15-26(24-17)19-12-8-5-9-13-19)23(28)16-22(2,3)21(27)25(23)14-18-10-6-4-7-11-18/h4-13,15,28H,14,16H2,1-3H3. The van der Waals surface area contributed by atoms with Gasteiger partial charge in [-0.3, -0.25) is 4.79 Å². The van der Waals surface area contributed by atoms with Crippen LogP contribution >= 0.6 is 0 Å². The van der Waals surface area contributed by atoms with Gasteiger partial charge in [-0.05, 0) is 24.6 Å². The van der Waals surface area contributed by atoms with Gasteiger partial charge in [0, 0.05) is 30.1 Å². The highest BCUT2D eigenvalue weighted by atomic mass is 16.3. The fraction of sp³-hybridized carbons (Fsp3) is 0.304. The first kappa shape index (κ1) is 18.4. The first-order valence-corrected chi connectivity index (χ1v) is 9.52. The normalized spacial score (nSPS) is 21.3. The van der Waals surface area contributed by atoms with Crippen LogP contribution in [0.15, 0.2) is 66.9 Å². The van der Waals surface area contributed by atoms with Crippen LogP contribution in [0, 0.1) is 12.3 Å². The Morgan fingerprint density at radius 2 is 1.64 bits per heavy atom. The van der Waals surface area contributed by atoms with Crippen LogP contribution in [0.5, 0.6) is 0 Å². The quantitative estimate of drug-likeness (QED) is 0.755. The Bertz CT molecular complexity index is 995. The monoisotopic (exact) mass is 375 g/mol. The Kier molecular flexibility index (Phi) is 4.35. The molecule has 1 unspecified atom stereocenters. The van der Waals surface area contributed by atoms with Crippen LogP contribution in [0.1, 0.15) is 37.1 Å². The van der Waals surface area contributed by atoms with Crippen molar-refractivity contribution in [1.82, 2.24) is 14.7 Å². The summed E-state index contributed by atoms with van der Waals surface area (Å²) in [7, 11) is 0. The lowest BCUT2D eigenvalue weighted by Gasteiger charge is -2.33. The lowest BCUT2D eigenvalue weighted by atomic mass is 9.86. The molecule has 3 aromatic rings. The summed E-state index contributed by atoms with van der Waals surface area (Å²) in [6.45, 7) is 6.02. The van der Waals surface area contributed by atoms with E-state index in [2.05, 4.69) is 5.10 Å². The van der Waals surface area contributed by atoms with Gasteiger partial charge in [0.05, 0.1) is 11.4 Å². The number of benzene rings is 2. The van der Waals surface area contributed by atoms with Crippen LogP contribution in [-0.4, -0.2) is 25.7 Å². The third kappa shape index (κ3) is 3.02. The molecule has 2 aromatic carbocycles. The van der Waals surface area contributed by atoms with Crippen LogP contribution in [0.25, 0.3) is 5.69 Å². The van der Waals surface area contributed by atoms with Gasteiger partial charge >= 0.3 is 0 Å². The highest BCUT2D eigenvalue weighted by Crippen LogP contribution is 2.48. The number of para-hydroxylation sites is 1. The van der Waals surface area contributed by atoms with Crippen LogP contribution in [0.2, 0.25) is 0 Å². The van der Waals surface area contributed by atoms with E-state index in [-0.39, 0.29) is 5.91 Å². The second kappa shape index (κ2) is 6.60. The molecule has 1 aliphatic rings. The highest BCUT2D eigenvalue weighted by Gasteiger charge is 2.56. The van der Waals surface area contributed by atoms with Crippen molar-refractivity contribution in [2.24, 2.45) is 5.41 Å². The summed E-state index contributed by atoms with van der Waals surface area (Å²) in [5.74, 6) is -0.0503. The minimum absolute atomic E-state index is 0.0503. The van der Waals surface area contributed by atoms with E-state index in [9.17, 15) is 9.90 Å². The highest BCUT2D eigenvalue weighted by molar-refractivity contribution is 5.85. The maximum Gasteiger partial charge on any atom is 0.231 e. The number of carbonyl (C=O) groups excluding carboxylic acids is 1. The lowest BCUT2D eigenvalue weighted by molar-refractivity contribution is -0.150. The molecular weight excluding hydrogens is 350 g/mol. The molecule has 1 aromatic heterocycles. The second-order valence-electron chi connectivity index (χ2n) is 8.16. The van der Waals surface area contributed by atoms with Gasteiger partial charge in [-0.1, -0.05) is 62.4 Å². The van der Waals surface area contributed by atoms with Gasteiger partial charge < -0.3 is 10.0 Å². The molecule has 1 amide bonds. The maximum atomic E-state index is 13.1. The molecule has 4 rings (SSSR count). The molecule has 2 heterocycles. The number of aromatic nitrogens is 2. The largest absolute Gasteiger partial charge is 0.366 e. The van der Waals surface area contributed by atoms with Crippen LogP contribution in [0.3, 0.4) is 0 Å². The van der Waals surface area contributed by atoms with Crippen molar-refractivity contribution in [3.05, 3.63) is 83.7 Å². The molecule has 144 valence electrons. The predicted octanol–water partition coefficient (Wildman–Crippen LogP) is 3.78. The fourth-order valence-electron chi connectivity index (χ4n) is 4.10. The summed E-state index contributed by atoms with van der Waals surface area (Å²) in [5, 5.41) is 16.4. The van der Waals surface area contributed by atoms with E-state index < -0.39 is 11.1 Å². The predicted molar refractivity (Wildman–Crippen MR) is 108 cm³/mol. The maximum absolute atomic E-state index is 13.1. The summed E-state index contributed by atoms with van der Waals surface area (Å²) in [6, 6.07) is 19.6. The van der Waals surface area contributed by atoms with E-state index in [1.165, 1.54) is 0 Å². The number of hydrogen-bond donors (Lipinski definition) is 1. The Morgan fingerprint density at radius 1 is 1.04 bits per heavy atom. The number of amides is 1. The second-order valence-corrected chi connectivity index (χ2v) is 8.16. The third-order valence-corrected chi connectivity index (χ3v) is 5.49. The van der Waals surface area contributed by atoms with Crippen LogP contribution in [-0.2, 0) is 17.1 Å². The fourth-order valence-corrected chi connectivity index (χ4v) is 4.10. The molecule has 1 fully saturated rings. The minimum Gasteiger partial charge on any atom is -0.366 e. The van der Waals surface area contributed by atoms with Crippen LogP contribution in [0.4, 0.5) is 0 Å². The number of rotatable bonds is 4.